The Morgan fingerprint density at radius 3 is 2.59 bits per heavy atom. The van der Waals surface area contributed by atoms with Crippen molar-refractivity contribution in [3.63, 3.8) is 0 Å². The Bertz CT molecular complexity index is 1060. The molecule has 0 spiro atoms. The lowest BCUT2D eigenvalue weighted by Gasteiger charge is -2.31. The Labute approximate surface area is 217 Å². The molecule has 1 aromatic carbocycles. The summed E-state index contributed by atoms with van der Waals surface area (Å²) in [6.07, 6.45) is 5.20. The van der Waals surface area contributed by atoms with Gasteiger partial charge in [0.2, 0.25) is 6.79 Å². The van der Waals surface area contributed by atoms with Gasteiger partial charge in [-0.25, -0.2) is 9.78 Å². The van der Waals surface area contributed by atoms with E-state index in [4.69, 9.17) is 18.9 Å². The number of nitrogens with one attached hydrogen (secondary N) is 1. The fourth-order valence-electron chi connectivity index (χ4n) is 4.94. The Morgan fingerprint density at radius 1 is 1.16 bits per heavy atom. The maximum absolute atomic E-state index is 13.2. The van der Waals surface area contributed by atoms with Gasteiger partial charge in [-0.3, -0.25) is 9.59 Å². The number of amides is 1. The van der Waals surface area contributed by atoms with Gasteiger partial charge < -0.3 is 24.3 Å². The molecule has 1 amide bonds. The van der Waals surface area contributed by atoms with Crippen LogP contribution >= 0.6 is 0 Å². The van der Waals surface area contributed by atoms with Crippen LogP contribution in [0.2, 0.25) is 0 Å². The topological polar surface area (TPSA) is 113 Å². The summed E-state index contributed by atoms with van der Waals surface area (Å²) in [6.45, 7) is 4.92. The third-order valence-electron chi connectivity index (χ3n) is 6.59. The summed E-state index contributed by atoms with van der Waals surface area (Å²) in [5.41, 5.74) is 1.07. The molecule has 1 aliphatic rings. The van der Waals surface area contributed by atoms with E-state index < -0.39 is 30.7 Å². The number of nitrogens with zero attached hydrogens (tertiary/aromatic N) is 1. The van der Waals surface area contributed by atoms with E-state index >= 15 is 0 Å². The zero-order chi connectivity index (χ0) is 26.8. The summed E-state index contributed by atoms with van der Waals surface area (Å²) in [6, 6.07) is 10.8. The molecule has 1 aliphatic heterocycles. The SMILES string of the molecule is CCC[C@H]1CCC[C@H](NC(=O)c2nccc(OC)c2OCOC(C)=O)C(=O)O[C@@H](C)[C@@H]1c1ccccc1. The highest BCUT2D eigenvalue weighted by Gasteiger charge is 2.35. The van der Waals surface area contributed by atoms with Gasteiger partial charge in [0.25, 0.3) is 5.91 Å². The minimum atomic E-state index is -0.846. The molecule has 9 heteroatoms. The van der Waals surface area contributed by atoms with Gasteiger partial charge in [0, 0.05) is 25.1 Å². The molecule has 200 valence electrons. The lowest BCUT2D eigenvalue weighted by atomic mass is 9.77. The van der Waals surface area contributed by atoms with Crippen molar-refractivity contribution >= 4 is 17.8 Å². The highest BCUT2D eigenvalue weighted by atomic mass is 16.7. The zero-order valence-electron chi connectivity index (χ0n) is 21.9. The van der Waals surface area contributed by atoms with Crippen LogP contribution < -0.4 is 14.8 Å². The summed E-state index contributed by atoms with van der Waals surface area (Å²) in [5.74, 6) is -0.954. The van der Waals surface area contributed by atoms with E-state index in [9.17, 15) is 14.4 Å². The van der Waals surface area contributed by atoms with Gasteiger partial charge in [-0.1, -0.05) is 50.1 Å². The number of esters is 2. The van der Waals surface area contributed by atoms with Crippen LogP contribution in [0.25, 0.3) is 0 Å². The van der Waals surface area contributed by atoms with Gasteiger partial charge in [-0.15, -0.1) is 0 Å². The fourth-order valence-corrected chi connectivity index (χ4v) is 4.94. The number of carbonyl (C=O) groups excluding carboxylic acids is 3. The molecule has 0 saturated carbocycles. The van der Waals surface area contributed by atoms with E-state index in [1.165, 1.54) is 26.3 Å². The smallest absolute Gasteiger partial charge is 0.328 e. The largest absolute Gasteiger partial charge is 0.493 e. The first kappa shape index (κ1) is 28.0. The average molecular weight is 513 g/mol. The molecule has 9 nitrogen and oxygen atoms in total. The van der Waals surface area contributed by atoms with E-state index in [2.05, 4.69) is 29.4 Å². The second-order valence-corrected chi connectivity index (χ2v) is 9.17. The molecular weight excluding hydrogens is 476 g/mol. The molecule has 0 unspecified atom stereocenters. The number of pyridine rings is 1. The Balaban J connectivity index is 1.80. The van der Waals surface area contributed by atoms with Gasteiger partial charge in [0.05, 0.1) is 7.11 Å². The number of hydrogen-bond donors (Lipinski definition) is 1. The predicted molar refractivity (Wildman–Crippen MR) is 136 cm³/mol. The van der Waals surface area contributed by atoms with E-state index in [1.807, 2.05) is 25.1 Å². The van der Waals surface area contributed by atoms with Crippen LogP contribution in [-0.4, -0.2) is 48.9 Å². The molecule has 1 fully saturated rings. The summed E-state index contributed by atoms with van der Waals surface area (Å²) in [5, 5.41) is 2.77. The number of methoxy groups -OCH3 is 1. The third kappa shape index (κ3) is 7.44. The summed E-state index contributed by atoms with van der Waals surface area (Å²) in [4.78, 5) is 41.7. The molecule has 1 saturated heterocycles. The van der Waals surface area contributed by atoms with Crippen molar-refractivity contribution in [1.82, 2.24) is 10.3 Å². The maximum Gasteiger partial charge on any atom is 0.328 e. The molecule has 37 heavy (non-hydrogen) atoms. The average Bonchev–Trinajstić information content (AvgIpc) is 2.93. The van der Waals surface area contributed by atoms with E-state index in [-0.39, 0.29) is 29.2 Å². The number of carbonyl (C=O) groups is 3. The van der Waals surface area contributed by atoms with Crippen molar-refractivity contribution in [3.05, 3.63) is 53.9 Å². The van der Waals surface area contributed by atoms with Crippen molar-refractivity contribution in [2.75, 3.05) is 13.9 Å². The Morgan fingerprint density at radius 2 is 1.92 bits per heavy atom. The molecule has 2 aromatic rings. The van der Waals surface area contributed by atoms with Crippen molar-refractivity contribution in [2.45, 2.75) is 70.9 Å². The third-order valence-corrected chi connectivity index (χ3v) is 6.59. The molecule has 1 N–H and O–H groups in total. The second kappa shape index (κ2) is 13.6. The van der Waals surface area contributed by atoms with Crippen molar-refractivity contribution in [1.29, 1.82) is 0 Å². The van der Waals surface area contributed by atoms with Gasteiger partial charge in [0.1, 0.15) is 12.1 Å². The summed E-state index contributed by atoms with van der Waals surface area (Å²) < 4.78 is 21.5. The monoisotopic (exact) mass is 512 g/mol. The van der Waals surface area contributed by atoms with Crippen LogP contribution in [0.1, 0.15) is 74.8 Å². The Hall–Kier alpha value is -3.62. The highest BCUT2D eigenvalue weighted by molar-refractivity contribution is 5.98. The first-order valence-corrected chi connectivity index (χ1v) is 12.7. The minimum absolute atomic E-state index is 0.0145. The number of aromatic nitrogens is 1. The Kier molecular flexibility index (Phi) is 10.3. The van der Waals surface area contributed by atoms with Crippen molar-refractivity contribution in [2.24, 2.45) is 5.92 Å². The molecule has 4 atom stereocenters. The first-order chi connectivity index (χ1) is 17.8. The standard InChI is InChI=1S/C28H36N2O7/c1-5-10-20-13-9-14-22(28(33)37-18(2)24(20)21-11-7-6-8-12-21)30-27(32)25-26(36-17-35-19(3)31)23(34-4)15-16-29-25/h6-8,11-12,15-16,18,20,22,24H,5,9-10,13-14,17H2,1-4H3,(H,30,32)/t18-,20-,22-,24-/m0/s1. The number of benzene rings is 1. The highest BCUT2D eigenvalue weighted by Crippen LogP contribution is 2.37. The molecule has 3 rings (SSSR count). The minimum Gasteiger partial charge on any atom is -0.493 e. The van der Waals surface area contributed by atoms with Crippen LogP contribution in [-0.2, 0) is 19.1 Å². The number of ether oxygens (including phenoxy) is 4. The number of rotatable bonds is 9. The lowest BCUT2D eigenvalue weighted by molar-refractivity contribution is -0.152. The van der Waals surface area contributed by atoms with Crippen LogP contribution in [0.4, 0.5) is 0 Å². The van der Waals surface area contributed by atoms with Crippen LogP contribution in [0.3, 0.4) is 0 Å². The van der Waals surface area contributed by atoms with Crippen molar-refractivity contribution in [3.8, 4) is 11.5 Å². The maximum atomic E-state index is 13.2. The lowest BCUT2D eigenvalue weighted by Crippen LogP contribution is -2.43. The molecular formula is C28H36N2O7. The van der Waals surface area contributed by atoms with E-state index in [0.29, 0.717) is 12.3 Å². The quantitative estimate of drug-likeness (QED) is 0.388. The van der Waals surface area contributed by atoms with Crippen LogP contribution in [0.5, 0.6) is 11.5 Å². The van der Waals surface area contributed by atoms with Gasteiger partial charge >= 0.3 is 11.9 Å². The molecule has 0 bridgehead atoms. The van der Waals surface area contributed by atoms with Gasteiger partial charge in [0.15, 0.2) is 17.2 Å². The zero-order valence-corrected chi connectivity index (χ0v) is 21.9. The molecule has 2 heterocycles. The fraction of sp³-hybridized carbons (Fsp3) is 0.500. The van der Waals surface area contributed by atoms with Gasteiger partial charge in [-0.2, -0.15) is 0 Å². The first-order valence-electron chi connectivity index (χ1n) is 12.7. The van der Waals surface area contributed by atoms with E-state index in [0.717, 1.165) is 31.2 Å². The van der Waals surface area contributed by atoms with E-state index in [1.54, 1.807) is 0 Å². The van der Waals surface area contributed by atoms with Crippen LogP contribution in [0.15, 0.2) is 42.6 Å². The summed E-state index contributed by atoms with van der Waals surface area (Å²) in [7, 11) is 1.42. The number of cyclic esters (lactones) is 1. The normalized spacial score (nSPS) is 22.0. The second-order valence-electron chi connectivity index (χ2n) is 9.17. The molecule has 0 radical (unpaired) electrons. The molecule has 0 aliphatic carbocycles. The summed E-state index contributed by atoms with van der Waals surface area (Å²) >= 11 is 0. The number of hydrogen-bond acceptors (Lipinski definition) is 8. The van der Waals surface area contributed by atoms with Crippen LogP contribution in [0, 0.1) is 5.92 Å². The van der Waals surface area contributed by atoms with Gasteiger partial charge in [-0.05, 0) is 37.7 Å². The molecule has 1 aromatic heterocycles. The van der Waals surface area contributed by atoms with Crippen molar-refractivity contribution < 1.29 is 33.3 Å². The predicted octanol–water partition coefficient (Wildman–Crippen LogP) is 4.40.